The SMILES string of the molecule is COC(=O)CN(CCCCC(N)C(=O)OC)C(=O)C(F)(F)F. The zero-order chi connectivity index (χ0) is 17.3. The Balaban J connectivity index is 4.45. The molecule has 0 aromatic carbocycles. The number of halogens is 3. The molecule has 0 aromatic rings. The summed E-state index contributed by atoms with van der Waals surface area (Å²) in [6.07, 6.45) is -4.45. The molecule has 1 atom stereocenters. The van der Waals surface area contributed by atoms with Crippen molar-refractivity contribution < 1.29 is 37.0 Å². The van der Waals surface area contributed by atoms with Crippen LogP contribution in [-0.2, 0) is 23.9 Å². The Morgan fingerprint density at radius 1 is 1.14 bits per heavy atom. The van der Waals surface area contributed by atoms with Crippen molar-refractivity contribution in [3.63, 3.8) is 0 Å². The first kappa shape index (κ1) is 20.2. The predicted molar refractivity (Wildman–Crippen MR) is 68.5 cm³/mol. The van der Waals surface area contributed by atoms with Crippen molar-refractivity contribution in [3.8, 4) is 0 Å². The van der Waals surface area contributed by atoms with Crippen molar-refractivity contribution in [3.05, 3.63) is 0 Å². The lowest BCUT2D eigenvalue weighted by atomic mass is 10.1. The van der Waals surface area contributed by atoms with E-state index in [1.54, 1.807) is 0 Å². The number of alkyl halides is 3. The van der Waals surface area contributed by atoms with E-state index < -0.39 is 36.6 Å². The van der Waals surface area contributed by atoms with Gasteiger partial charge in [-0.15, -0.1) is 0 Å². The van der Waals surface area contributed by atoms with Gasteiger partial charge in [-0.25, -0.2) is 0 Å². The van der Waals surface area contributed by atoms with Crippen LogP contribution in [-0.4, -0.2) is 62.3 Å². The molecule has 0 aliphatic carbocycles. The van der Waals surface area contributed by atoms with Gasteiger partial charge in [0, 0.05) is 6.54 Å². The average molecular weight is 328 g/mol. The minimum absolute atomic E-state index is 0.142. The zero-order valence-electron chi connectivity index (χ0n) is 12.3. The van der Waals surface area contributed by atoms with Crippen molar-refractivity contribution in [1.82, 2.24) is 4.90 Å². The van der Waals surface area contributed by atoms with Gasteiger partial charge in [0.25, 0.3) is 0 Å². The standard InChI is InChI=1S/C12H19F3N2O5/c1-21-9(18)7-17(11(20)12(13,14)15)6-4-3-5-8(16)10(19)22-2/h8H,3-7,16H2,1-2H3. The summed E-state index contributed by atoms with van der Waals surface area (Å²) in [4.78, 5) is 33.7. The van der Waals surface area contributed by atoms with E-state index in [0.717, 1.165) is 7.11 Å². The first-order valence-corrected chi connectivity index (χ1v) is 6.39. The van der Waals surface area contributed by atoms with E-state index in [2.05, 4.69) is 9.47 Å². The molecule has 0 bridgehead atoms. The van der Waals surface area contributed by atoms with Gasteiger partial charge in [-0.2, -0.15) is 13.2 Å². The quantitative estimate of drug-likeness (QED) is 0.505. The van der Waals surface area contributed by atoms with Gasteiger partial charge in [0.1, 0.15) is 12.6 Å². The van der Waals surface area contributed by atoms with E-state index in [4.69, 9.17) is 5.73 Å². The van der Waals surface area contributed by atoms with Crippen LogP contribution in [0.3, 0.4) is 0 Å². The largest absolute Gasteiger partial charge is 0.471 e. The predicted octanol–water partition coefficient (Wildman–Crippen LogP) is 0.221. The molecule has 0 aromatic heterocycles. The highest BCUT2D eigenvalue weighted by Crippen LogP contribution is 2.19. The molecule has 1 amide bonds. The van der Waals surface area contributed by atoms with Gasteiger partial charge in [0.2, 0.25) is 0 Å². The van der Waals surface area contributed by atoms with Crippen molar-refractivity contribution in [2.75, 3.05) is 27.3 Å². The highest BCUT2D eigenvalue weighted by molar-refractivity contribution is 5.85. The molecule has 0 saturated carbocycles. The molecular weight excluding hydrogens is 309 g/mol. The van der Waals surface area contributed by atoms with Gasteiger partial charge in [0.05, 0.1) is 14.2 Å². The molecule has 10 heteroatoms. The highest BCUT2D eigenvalue weighted by Gasteiger charge is 2.42. The summed E-state index contributed by atoms with van der Waals surface area (Å²) in [6.45, 7) is -1.10. The van der Waals surface area contributed by atoms with Crippen molar-refractivity contribution in [2.45, 2.75) is 31.5 Å². The van der Waals surface area contributed by atoms with E-state index in [1.807, 2.05) is 0 Å². The molecule has 0 rings (SSSR count). The molecule has 22 heavy (non-hydrogen) atoms. The van der Waals surface area contributed by atoms with E-state index in [0.29, 0.717) is 11.3 Å². The number of nitrogens with zero attached hydrogens (tertiary/aromatic N) is 1. The number of methoxy groups -OCH3 is 2. The molecule has 0 saturated heterocycles. The van der Waals surface area contributed by atoms with Crippen LogP contribution in [0.1, 0.15) is 19.3 Å². The Labute approximate surface area is 125 Å². The summed E-state index contributed by atoms with van der Waals surface area (Å²) in [5.41, 5.74) is 5.47. The van der Waals surface area contributed by atoms with Crippen molar-refractivity contribution >= 4 is 17.8 Å². The third-order valence-electron chi connectivity index (χ3n) is 2.77. The number of amides is 1. The number of esters is 2. The lowest BCUT2D eigenvalue weighted by molar-refractivity contribution is -0.187. The number of nitrogens with two attached hydrogens (primary N) is 1. The summed E-state index contributed by atoms with van der Waals surface area (Å²) in [6, 6.07) is -0.877. The topological polar surface area (TPSA) is 98.9 Å². The smallest absolute Gasteiger partial charge is 0.468 e. The second kappa shape index (κ2) is 9.23. The Kier molecular flexibility index (Phi) is 8.46. The summed E-state index contributed by atoms with van der Waals surface area (Å²) < 4.78 is 45.9. The van der Waals surface area contributed by atoms with E-state index in [-0.39, 0.29) is 19.4 Å². The van der Waals surface area contributed by atoms with Crippen LogP contribution in [0.4, 0.5) is 13.2 Å². The number of hydrogen-bond acceptors (Lipinski definition) is 6. The molecular formula is C12H19F3N2O5. The summed E-state index contributed by atoms with van der Waals surface area (Å²) in [5, 5.41) is 0. The fraction of sp³-hybridized carbons (Fsp3) is 0.750. The molecule has 0 aliphatic heterocycles. The van der Waals surface area contributed by atoms with Crippen LogP contribution in [0.5, 0.6) is 0 Å². The number of carbonyl (C=O) groups excluding carboxylic acids is 3. The van der Waals surface area contributed by atoms with Gasteiger partial charge < -0.3 is 20.1 Å². The van der Waals surface area contributed by atoms with Crippen molar-refractivity contribution in [1.29, 1.82) is 0 Å². The minimum Gasteiger partial charge on any atom is -0.468 e. The fourth-order valence-electron chi connectivity index (χ4n) is 1.59. The number of carbonyl (C=O) groups is 3. The highest BCUT2D eigenvalue weighted by atomic mass is 19.4. The molecule has 7 nitrogen and oxygen atoms in total. The van der Waals surface area contributed by atoms with Crippen LogP contribution < -0.4 is 5.73 Å². The lowest BCUT2D eigenvalue weighted by Crippen LogP contribution is -2.44. The number of rotatable bonds is 8. The Bertz CT molecular complexity index is 401. The monoisotopic (exact) mass is 328 g/mol. The summed E-state index contributed by atoms with van der Waals surface area (Å²) in [5.74, 6) is -3.70. The summed E-state index contributed by atoms with van der Waals surface area (Å²) in [7, 11) is 2.18. The average Bonchev–Trinajstić information content (AvgIpc) is 2.46. The normalized spacial score (nSPS) is 12.5. The Hall–Kier alpha value is -1.84. The maximum absolute atomic E-state index is 12.4. The second-order valence-electron chi connectivity index (χ2n) is 4.43. The molecule has 128 valence electrons. The van der Waals surface area contributed by atoms with Crippen molar-refractivity contribution in [2.24, 2.45) is 5.73 Å². The van der Waals surface area contributed by atoms with Crippen LogP contribution >= 0.6 is 0 Å². The Morgan fingerprint density at radius 2 is 1.73 bits per heavy atom. The van der Waals surface area contributed by atoms with E-state index >= 15 is 0 Å². The second-order valence-corrected chi connectivity index (χ2v) is 4.43. The van der Waals surface area contributed by atoms with E-state index in [9.17, 15) is 27.6 Å². The maximum atomic E-state index is 12.4. The molecule has 0 spiro atoms. The van der Waals surface area contributed by atoms with Crippen LogP contribution in [0, 0.1) is 0 Å². The fourth-order valence-corrected chi connectivity index (χ4v) is 1.59. The van der Waals surface area contributed by atoms with Gasteiger partial charge in [0.15, 0.2) is 0 Å². The minimum atomic E-state index is -5.07. The van der Waals surface area contributed by atoms with Gasteiger partial charge in [-0.05, 0) is 19.3 Å². The molecule has 0 heterocycles. The zero-order valence-corrected chi connectivity index (χ0v) is 12.3. The number of unbranched alkanes of at least 4 members (excludes halogenated alkanes) is 1. The van der Waals surface area contributed by atoms with Crippen LogP contribution in [0.15, 0.2) is 0 Å². The Morgan fingerprint density at radius 3 is 2.18 bits per heavy atom. The third kappa shape index (κ3) is 7.25. The first-order chi connectivity index (χ1) is 10.1. The molecule has 1 unspecified atom stereocenters. The van der Waals surface area contributed by atoms with Crippen LogP contribution in [0.2, 0.25) is 0 Å². The summed E-state index contributed by atoms with van der Waals surface area (Å²) >= 11 is 0. The van der Waals surface area contributed by atoms with E-state index in [1.165, 1.54) is 7.11 Å². The third-order valence-corrected chi connectivity index (χ3v) is 2.77. The van der Waals surface area contributed by atoms with Gasteiger partial charge >= 0.3 is 24.0 Å². The lowest BCUT2D eigenvalue weighted by Gasteiger charge is -2.22. The molecule has 2 N–H and O–H groups in total. The number of hydrogen-bond donors (Lipinski definition) is 1. The molecule has 0 radical (unpaired) electrons. The van der Waals surface area contributed by atoms with Gasteiger partial charge in [-0.3, -0.25) is 14.4 Å². The maximum Gasteiger partial charge on any atom is 0.471 e. The van der Waals surface area contributed by atoms with Gasteiger partial charge in [-0.1, -0.05) is 0 Å². The molecule has 0 aliphatic rings. The molecule has 0 fully saturated rings. The first-order valence-electron chi connectivity index (χ1n) is 6.39. The van der Waals surface area contributed by atoms with Crippen LogP contribution in [0.25, 0.3) is 0 Å². The number of ether oxygens (including phenoxy) is 2.